The predicted molar refractivity (Wildman–Crippen MR) is 59.2 cm³/mol. The van der Waals surface area contributed by atoms with Crippen LogP contribution in [0.1, 0.15) is 23.0 Å². The van der Waals surface area contributed by atoms with Crippen molar-refractivity contribution in [3.8, 4) is 5.75 Å². The number of furan rings is 1. The Kier molecular flexibility index (Phi) is 2.52. The Morgan fingerprint density at radius 1 is 1.50 bits per heavy atom. The minimum absolute atomic E-state index is 0.120. The number of rotatable bonds is 2. The van der Waals surface area contributed by atoms with Crippen LogP contribution in [0.4, 0.5) is 0 Å². The molecule has 5 heteroatoms. The molecule has 0 saturated heterocycles. The van der Waals surface area contributed by atoms with E-state index in [9.17, 15) is 9.90 Å². The third-order valence-electron chi connectivity index (χ3n) is 2.38. The van der Waals surface area contributed by atoms with Gasteiger partial charge in [-0.15, -0.1) is 0 Å². The van der Waals surface area contributed by atoms with Gasteiger partial charge in [0.15, 0.2) is 5.58 Å². The molecule has 1 aromatic carbocycles. The molecule has 0 bridgehead atoms. The number of carboxylic acid groups (broad SMARTS) is 1. The molecule has 84 valence electrons. The van der Waals surface area contributed by atoms with Crippen LogP contribution in [-0.4, -0.2) is 16.2 Å². The normalized spacial score (nSPS) is 10.9. The molecule has 2 N–H and O–H groups in total. The maximum absolute atomic E-state index is 11.0. The number of hydrogen-bond donors (Lipinski definition) is 2. The zero-order valence-electron chi connectivity index (χ0n) is 8.45. The highest BCUT2D eigenvalue weighted by Crippen LogP contribution is 2.36. The molecule has 2 aromatic rings. The van der Waals surface area contributed by atoms with E-state index in [0.29, 0.717) is 22.6 Å². The maximum atomic E-state index is 11.0. The smallest absolute Gasteiger partial charge is 0.343 e. The van der Waals surface area contributed by atoms with Gasteiger partial charge in [-0.25, -0.2) is 4.79 Å². The number of aryl methyl sites for hydroxylation is 1. The van der Waals surface area contributed by atoms with Crippen LogP contribution >= 0.6 is 11.6 Å². The molecule has 0 saturated carbocycles. The monoisotopic (exact) mass is 240 g/mol. The summed E-state index contributed by atoms with van der Waals surface area (Å²) in [5, 5.41) is 19.4. The van der Waals surface area contributed by atoms with E-state index in [1.165, 1.54) is 6.07 Å². The molecular formula is C11H9ClO4. The van der Waals surface area contributed by atoms with Crippen molar-refractivity contribution in [2.75, 3.05) is 0 Å². The van der Waals surface area contributed by atoms with Crippen LogP contribution in [0.3, 0.4) is 0 Å². The molecule has 0 atom stereocenters. The van der Waals surface area contributed by atoms with Gasteiger partial charge in [0.05, 0.1) is 5.02 Å². The summed E-state index contributed by atoms with van der Waals surface area (Å²) in [6.45, 7) is 1.85. The summed E-state index contributed by atoms with van der Waals surface area (Å²) in [5.41, 5.74) is -0.131. The van der Waals surface area contributed by atoms with Gasteiger partial charge in [0.1, 0.15) is 17.1 Å². The van der Waals surface area contributed by atoms with E-state index in [2.05, 4.69) is 0 Å². The lowest BCUT2D eigenvalue weighted by Crippen LogP contribution is -1.96. The second-order valence-corrected chi connectivity index (χ2v) is 3.71. The van der Waals surface area contributed by atoms with Gasteiger partial charge in [-0.1, -0.05) is 18.5 Å². The lowest BCUT2D eigenvalue weighted by atomic mass is 10.1. The first-order chi connectivity index (χ1) is 7.56. The average Bonchev–Trinajstić information content (AvgIpc) is 2.54. The third-order valence-corrected chi connectivity index (χ3v) is 2.79. The van der Waals surface area contributed by atoms with Crippen molar-refractivity contribution >= 4 is 28.5 Å². The molecule has 1 heterocycles. The van der Waals surface area contributed by atoms with E-state index in [1.807, 2.05) is 6.92 Å². The van der Waals surface area contributed by atoms with E-state index < -0.39 is 5.97 Å². The molecular weight excluding hydrogens is 232 g/mol. The van der Waals surface area contributed by atoms with E-state index in [4.69, 9.17) is 21.1 Å². The number of aromatic hydroxyl groups is 1. The number of benzene rings is 1. The molecule has 0 aliphatic carbocycles. The molecule has 2 rings (SSSR count). The molecule has 0 fully saturated rings. The standard InChI is InChI=1S/C11H9ClO4/c1-2-7-9(12)5-3-4-6(13)8(11(14)15)10(5)16-7/h3-4,13H,2H2,1H3,(H,14,15). The van der Waals surface area contributed by atoms with Gasteiger partial charge >= 0.3 is 5.97 Å². The number of phenols is 1. The largest absolute Gasteiger partial charge is 0.507 e. The van der Waals surface area contributed by atoms with Gasteiger partial charge in [0.25, 0.3) is 0 Å². The first-order valence-electron chi connectivity index (χ1n) is 4.72. The van der Waals surface area contributed by atoms with Crippen molar-refractivity contribution in [3.63, 3.8) is 0 Å². The predicted octanol–water partition coefficient (Wildman–Crippen LogP) is 3.05. The molecule has 0 amide bonds. The first kappa shape index (κ1) is 10.8. The zero-order valence-corrected chi connectivity index (χ0v) is 9.21. The van der Waals surface area contributed by atoms with Crippen LogP contribution in [0, 0.1) is 0 Å². The fraction of sp³-hybridized carbons (Fsp3) is 0.182. The van der Waals surface area contributed by atoms with Crippen LogP contribution in [0.5, 0.6) is 5.75 Å². The van der Waals surface area contributed by atoms with Gasteiger partial charge in [-0.3, -0.25) is 0 Å². The van der Waals surface area contributed by atoms with Crippen LogP contribution in [-0.2, 0) is 6.42 Å². The number of carbonyl (C=O) groups is 1. The molecule has 4 nitrogen and oxygen atoms in total. The van der Waals surface area contributed by atoms with Crippen molar-refractivity contribution in [2.24, 2.45) is 0 Å². The SMILES string of the molecule is CCc1oc2c(C(=O)O)c(O)ccc2c1Cl. The fourth-order valence-corrected chi connectivity index (χ4v) is 1.92. The van der Waals surface area contributed by atoms with Crippen molar-refractivity contribution in [2.45, 2.75) is 13.3 Å². The number of aromatic carboxylic acids is 1. The molecule has 0 radical (unpaired) electrons. The summed E-state index contributed by atoms with van der Waals surface area (Å²) >= 11 is 6.02. The second kappa shape index (κ2) is 3.72. The van der Waals surface area contributed by atoms with Crippen LogP contribution in [0.2, 0.25) is 5.02 Å². The summed E-state index contributed by atoms with van der Waals surface area (Å²) in [4.78, 5) is 11.0. The Morgan fingerprint density at radius 3 is 2.75 bits per heavy atom. The molecule has 1 aromatic heterocycles. The topological polar surface area (TPSA) is 70.7 Å². The minimum Gasteiger partial charge on any atom is -0.507 e. The van der Waals surface area contributed by atoms with Crippen molar-refractivity contribution in [1.29, 1.82) is 0 Å². The minimum atomic E-state index is -1.24. The quantitative estimate of drug-likeness (QED) is 0.846. The summed E-state index contributed by atoms with van der Waals surface area (Å²) < 4.78 is 5.35. The highest BCUT2D eigenvalue weighted by molar-refractivity contribution is 6.36. The Labute approximate surface area is 96.1 Å². The number of carboxylic acids is 1. The number of halogens is 1. The maximum Gasteiger partial charge on any atom is 0.343 e. The lowest BCUT2D eigenvalue weighted by molar-refractivity contribution is 0.0694. The fourth-order valence-electron chi connectivity index (χ4n) is 1.60. The van der Waals surface area contributed by atoms with Gasteiger partial charge in [0, 0.05) is 11.8 Å². The van der Waals surface area contributed by atoms with E-state index in [1.54, 1.807) is 6.07 Å². The zero-order chi connectivity index (χ0) is 11.9. The third kappa shape index (κ3) is 1.42. The Balaban J connectivity index is 2.88. The van der Waals surface area contributed by atoms with Gasteiger partial charge in [0.2, 0.25) is 0 Å². The Bertz CT molecular complexity index is 571. The Hall–Kier alpha value is -1.68. The van der Waals surface area contributed by atoms with Crippen LogP contribution in [0.15, 0.2) is 16.5 Å². The second-order valence-electron chi connectivity index (χ2n) is 3.33. The van der Waals surface area contributed by atoms with Crippen molar-refractivity contribution in [1.82, 2.24) is 0 Å². The molecule has 0 unspecified atom stereocenters. The number of hydrogen-bond acceptors (Lipinski definition) is 3. The van der Waals surface area contributed by atoms with Gasteiger partial charge in [-0.05, 0) is 12.1 Å². The van der Waals surface area contributed by atoms with Crippen molar-refractivity contribution in [3.05, 3.63) is 28.5 Å². The van der Waals surface area contributed by atoms with Gasteiger partial charge < -0.3 is 14.6 Å². The summed E-state index contributed by atoms with van der Waals surface area (Å²) in [5.74, 6) is -1.05. The first-order valence-corrected chi connectivity index (χ1v) is 5.10. The summed E-state index contributed by atoms with van der Waals surface area (Å²) in [6, 6.07) is 2.84. The highest BCUT2D eigenvalue weighted by atomic mass is 35.5. The summed E-state index contributed by atoms with van der Waals surface area (Å²) in [7, 11) is 0. The Morgan fingerprint density at radius 2 is 2.19 bits per heavy atom. The molecule has 0 spiro atoms. The average molecular weight is 241 g/mol. The van der Waals surface area contributed by atoms with E-state index in [0.717, 1.165) is 0 Å². The summed E-state index contributed by atoms with van der Waals surface area (Å²) in [6.07, 6.45) is 0.563. The molecule has 0 aliphatic heterocycles. The van der Waals surface area contributed by atoms with E-state index in [-0.39, 0.29) is 16.9 Å². The lowest BCUT2D eigenvalue weighted by Gasteiger charge is -1.99. The van der Waals surface area contributed by atoms with E-state index >= 15 is 0 Å². The molecule has 16 heavy (non-hydrogen) atoms. The van der Waals surface area contributed by atoms with Gasteiger partial charge in [-0.2, -0.15) is 0 Å². The molecule has 0 aliphatic rings. The van der Waals surface area contributed by atoms with Crippen LogP contribution in [0.25, 0.3) is 11.0 Å². The number of fused-ring (bicyclic) bond motifs is 1. The van der Waals surface area contributed by atoms with Crippen LogP contribution < -0.4 is 0 Å². The highest BCUT2D eigenvalue weighted by Gasteiger charge is 2.21. The van der Waals surface area contributed by atoms with Crippen molar-refractivity contribution < 1.29 is 19.4 Å².